The number of sulfonamides is 1. The molecule has 0 fully saturated rings. The van der Waals surface area contributed by atoms with Gasteiger partial charge in [0.15, 0.2) is 0 Å². The molecule has 0 saturated heterocycles. The quantitative estimate of drug-likeness (QED) is 0.823. The second kappa shape index (κ2) is 7.02. The van der Waals surface area contributed by atoms with Crippen molar-refractivity contribution < 1.29 is 17.9 Å². The third-order valence-corrected chi connectivity index (χ3v) is 4.88. The van der Waals surface area contributed by atoms with E-state index in [1.165, 1.54) is 19.2 Å². The van der Waals surface area contributed by atoms with Gasteiger partial charge in [-0.25, -0.2) is 8.42 Å². The van der Waals surface area contributed by atoms with Crippen LogP contribution in [0.4, 0.5) is 5.69 Å². The number of para-hydroxylation sites is 2. The fraction of sp³-hybridized carbons (Fsp3) is 0.200. The zero-order valence-electron chi connectivity index (χ0n) is 12.2. The molecule has 0 aliphatic carbocycles. The zero-order valence-corrected chi connectivity index (χ0v) is 14.6. The van der Waals surface area contributed by atoms with Crippen molar-refractivity contribution in [3.63, 3.8) is 0 Å². The average molecular weight is 386 g/mol. The summed E-state index contributed by atoms with van der Waals surface area (Å²) in [6, 6.07) is 11.5. The van der Waals surface area contributed by atoms with E-state index in [2.05, 4.69) is 20.7 Å². The number of anilines is 1. The summed E-state index contributed by atoms with van der Waals surface area (Å²) in [4.78, 5) is 0.110. The van der Waals surface area contributed by atoms with Gasteiger partial charge in [-0.2, -0.15) is 0 Å². The second-order valence-corrected chi connectivity index (χ2v) is 6.87. The van der Waals surface area contributed by atoms with E-state index in [1.54, 1.807) is 30.3 Å². The Morgan fingerprint density at radius 2 is 1.86 bits per heavy atom. The summed E-state index contributed by atoms with van der Waals surface area (Å²) in [7, 11) is -2.25. The van der Waals surface area contributed by atoms with Crippen molar-refractivity contribution in [2.24, 2.45) is 0 Å². The minimum Gasteiger partial charge on any atom is -0.496 e. The largest absolute Gasteiger partial charge is 0.496 e. The summed E-state index contributed by atoms with van der Waals surface area (Å²) < 4.78 is 38.8. The molecule has 0 spiro atoms. The molecule has 22 heavy (non-hydrogen) atoms. The molecule has 7 heteroatoms. The van der Waals surface area contributed by atoms with Crippen LogP contribution in [0.25, 0.3) is 0 Å². The van der Waals surface area contributed by atoms with Crippen LogP contribution in [0, 0.1) is 0 Å². The molecule has 5 nitrogen and oxygen atoms in total. The van der Waals surface area contributed by atoms with Crippen molar-refractivity contribution in [1.82, 2.24) is 0 Å². The highest BCUT2D eigenvalue weighted by atomic mass is 79.9. The van der Waals surface area contributed by atoms with Gasteiger partial charge in [0.1, 0.15) is 11.5 Å². The number of benzene rings is 2. The van der Waals surface area contributed by atoms with Gasteiger partial charge in [0.2, 0.25) is 0 Å². The maximum absolute atomic E-state index is 12.5. The third-order valence-electron chi connectivity index (χ3n) is 2.86. The van der Waals surface area contributed by atoms with Crippen LogP contribution in [0.1, 0.15) is 6.92 Å². The Morgan fingerprint density at radius 3 is 2.55 bits per heavy atom. The van der Waals surface area contributed by atoms with Crippen LogP contribution in [0.2, 0.25) is 0 Å². The first-order valence-corrected chi connectivity index (χ1v) is 8.83. The van der Waals surface area contributed by atoms with Gasteiger partial charge in [-0.05, 0) is 47.1 Å². The summed E-state index contributed by atoms with van der Waals surface area (Å²) >= 11 is 3.30. The summed E-state index contributed by atoms with van der Waals surface area (Å²) in [5, 5.41) is 0. The lowest BCUT2D eigenvalue weighted by atomic mass is 10.3. The van der Waals surface area contributed by atoms with Gasteiger partial charge in [-0.3, -0.25) is 4.72 Å². The first-order chi connectivity index (χ1) is 10.5. The van der Waals surface area contributed by atoms with Gasteiger partial charge in [0.05, 0.1) is 28.8 Å². The van der Waals surface area contributed by atoms with Gasteiger partial charge < -0.3 is 9.47 Å². The van der Waals surface area contributed by atoms with Crippen molar-refractivity contribution >= 4 is 31.6 Å². The number of hydrogen-bond acceptors (Lipinski definition) is 4. The predicted molar refractivity (Wildman–Crippen MR) is 89.1 cm³/mol. The minimum absolute atomic E-state index is 0.110. The number of ether oxygens (including phenoxy) is 2. The Bertz CT molecular complexity index is 762. The molecule has 0 atom stereocenters. The lowest BCUT2D eigenvalue weighted by Gasteiger charge is -2.13. The van der Waals surface area contributed by atoms with E-state index in [1.807, 2.05) is 6.92 Å². The molecular formula is C15H16BrNO4S. The van der Waals surface area contributed by atoms with Gasteiger partial charge in [0, 0.05) is 6.07 Å². The lowest BCUT2D eigenvalue weighted by molar-refractivity contribution is 0.342. The second-order valence-electron chi connectivity index (χ2n) is 4.33. The number of halogens is 1. The first kappa shape index (κ1) is 16.6. The summed E-state index contributed by atoms with van der Waals surface area (Å²) in [5.41, 5.74) is 0.395. The van der Waals surface area contributed by atoms with E-state index in [9.17, 15) is 8.42 Å². The maximum atomic E-state index is 12.5. The van der Waals surface area contributed by atoms with Crippen LogP contribution < -0.4 is 14.2 Å². The van der Waals surface area contributed by atoms with Crippen LogP contribution >= 0.6 is 15.9 Å². The van der Waals surface area contributed by atoms with Crippen LogP contribution in [0.3, 0.4) is 0 Å². The standard InChI is InChI=1S/C15H16BrNO4S/c1-3-21-14-7-5-4-6-13(14)17-22(18,19)11-8-9-12(16)15(10-11)20-2/h4-10,17H,3H2,1-2H3. The number of hydrogen-bond donors (Lipinski definition) is 1. The van der Waals surface area contributed by atoms with Gasteiger partial charge >= 0.3 is 0 Å². The highest BCUT2D eigenvalue weighted by Crippen LogP contribution is 2.30. The minimum atomic E-state index is -3.73. The van der Waals surface area contributed by atoms with Crippen molar-refractivity contribution in [1.29, 1.82) is 0 Å². The van der Waals surface area contributed by atoms with Crippen LogP contribution in [-0.4, -0.2) is 22.1 Å². The van der Waals surface area contributed by atoms with Gasteiger partial charge in [-0.1, -0.05) is 12.1 Å². The fourth-order valence-corrected chi connectivity index (χ4v) is 3.34. The Morgan fingerprint density at radius 1 is 1.14 bits per heavy atom. The summed E-state index contributed by atoms with van der Waals surface area (Å²) in [5.74, 6) is 0.929. The van der Waals surface area contributed by atoms with E-state index in [4.69, 9.17) is 9.47 Å². The van der Waals surface area contributed by atoms with E-state index < -0.39 is 10.0 Å². The molecule has 0 aliphatic rings. The number of rotatable bonds is 6. The highest BCUT2D eigenvalue weighted by Gasteiger charge is 2.18. The average Bonchev–Trinajstić information content (AvgIpc) is 2.49. The molecule has 0 unspecified atom stereocenters. The predicted octanol–water partition coefficient (Wildman–Crippen LogP) is 3.66. The Labute approximate surface area is 138 Å². The smallest absolute Gasteiger partial charge is 0.262 e. The molecule has 0 aliphatic heterocycles. The molecule has 0 bridgehead atoms. The molecule has 0 amide bonds. The summed E-state index contributed by atoms with van der Waals surface area (Å²) in [6.45, 7) is 2.29. The van der Waals surface area contributed by atoms with Crippen LogP contribution in [0.15, 0.2) is 51.8 Å². The highest BCUT2D eigenvalue weighted by molar-refractivity contribution is 9.10. The Balaban J connectivity index is 2.36. The molecule has 0 radical (unpaired) electrons. The van der Waals surface area contributed by atoms with E-state index in [0.717, 1.165) is 0 Å². The van der Waals surface area contributed by atoms with Crippen LogP contribution in [-0.2, 0) is 10.0 Å². The number of nitrogens with one attached hydrogen (secondary N) is 1. The van der Waals surface area contributed by atoms with E-state index in [-0.39, 0.29) is 4.90 Å². The Hall–Kier alpha value is -1.73. The van der Waals surface area contributed by atoms with E-state index >= 15 is 0 Å². The van der Waals surface area contributed by atoms with Gasteiger partial charge in [0.25, 0.3) is 10.0 Å². The molecule has 2 rings (SSSR count). The zero-order chi connectivity index (χ0) is 16.2. The Kier molecular flexibility index (Phi) is 5.31. The summed E-state index contributed by atoms with van der Waals surface area (Å²) in [6.07, 6.45) is 0. The van der Waals surface area contributed by atoms with Crippen molar-refractivity contribution in [3.05, 3.63) is 46.9 Å². The van der Waals surface area contributed by atoms with Gasteiger partial charge in [-0.15, -0.1) is 0 Å². The molecule has 1 N–H and O–H groups in total. The van der Waals surface area contributed by atoms with Crippen molar-refractivity contribution in [2.75, 3.05) is 18.4 Å². The van der Waals surface area contributed by atoms with Crippen molar-refractivity contribution in [3.8, 4) is 11.5 Å². The first-order valence-electron chi connectivity index (χ1n) is 6.56. The molecule has 0 heterocycles. The lowest BCUT2D eigenvalue weighted by Crippen LogP contribution is -2.14. The third kappa shape index (κ3) is 3.72. The van der Waals surface area contributed by atoms with E-state index in [0.29, 0.717) is 28.3 Å². The van der Waals surface area contributed by atoms with Crippen LogP contribution in [0.5, 0.6) is 11.5 Å². The SMILES string of the molecule is CCOc1ccccc1NS(=O)(=O)c1ccc(Br)c(OC)c1. The fourth-order valence-electron chi connectivity index (χ4n) is 1.84. The topological polar surface area (TPSA) is 64.6 Å². The normalized spacial score (nSPS) is 11.0. The maximum Gasteiger partial charge on any atom is 0.262 e. The number of methoxy groups -OCH3 is 1. The molecular weight excluding hydrogens is 370 g/mol. The van der Waals surface area contributed by atoms with Crippen molar-refractivity contribution in [2.45, 2.75) is 11.8 Å². The monoisotopic (exact) mass is 385 g/mol. The molecule has 2 aromatic rings. The molecule has 0 aromatic heterocycles. The molecule has 0 saturated carbocycles. The molecule has 118 valence electrons. The molecule has 2 aromatic carbocycles.